The third-order valence-corrected chi connectivity index (χ3v) is 12.4. The minimum Gasteiger partial charge on any atom is -0.456 e. The molecular weight excluding hydrogens is 765 g/mol. The quantitative estimate of drug-likeness (QED) is 0.153. The van der Waals surface area contributed by atoms with Crippen molar-refractivity contribution >= 4 is 60.8 Å². The second-order valence-electron chi connectivity index (χ2n) is 16.1. The Morgan fingerprint density at radius 2 is 0.778 bits per heavy atom. The van der Waals surface area contributed by atoms with E-state index in [0.717, 1.165) is 66.9 Å². The molecule has 12 rings (SSSR count). The van der Waals surface area contributed by atoms with Crippen molar-refractivity contribution in [2.45, 2.75) is 0 Å². The number of furan rings is 1. The van der Waals surface area contributed by atoms with Gasteiger partial charge in [-0.1, -0.05) is 176 Å². The van der Waals surface area contributed by atoms with Crippen LogP contribution in [0.15, 0.2) is 247 Å². The number of rotatable bonds is 8. The zero-order valence-corrected chi connectivity index (χ0v) is 34.4. The van der Waals surface area contributed by atoms with E-state index in [4.69, 9.17) is 4.42 Å². The van der Waals surface area contributed by atoms with Crippen LogP contribution < -0.4 is 4.90 Å². The lowest BCUT2D eigenvalue weighted by Gasteiger charge is -2.27. The topological polar surface area (TPSA) is 21.3 Å². The van der Waals surface area contributed by atoms with Crippen LogP contribution in [-0.2, 0) is 0 Å². The number of hydrogen-bond donors (Lipinski definition) is 0. The van der Waals surface area contributed by atoms with Crippen molar-refractivity contribution in [1.29, 1.82) is 0 Å². The average molecular weight is 805 g/mol. The molecule has 63 heavy (non-hydrogen) atoms. The molecule has 3 heteroatoms. The molecule has 0 N–H and O–H groups in total. The SMILES string of the molecule is c1ccc(-c2ccc(N(c3ccc(-c4ccccc4)cc3)c3ccc(-c4ccccc4-n4c5ccccc5c5ccccc54)c(-c4cccc5oc6ccccc6c45)c3)cc2)cc1. The number of aromatic nitrogens is 1. The Labute approximate surface area is 366 Å². The summed E-state index contributed by atoms with van der Waals surface area (Å²) in [6.45, 7) is 0. The fraction of sp³-hybridized carbons (Fsp3) is 0. The molecule has 12 aromatic rings. The van der Waals surface area contributed by atoms with E-state index in [2.05, 4.69) is 246 Å². The van der Waals surface area contributed by atoms with E-state index in [-0.39, 0.29) is 0 Å². The molecule has 0 amide bonds. The molecule has 0 radical (unpaired) electrons. The predicted molar refractivity (Wildman–Crippen MR) is 264 cm³/mol. The monoisotopic (exact) mass is 804 g/mol. The maximum absolute atomic E-state index is 6.54. The van der Waals surface area contributed by atoms with Crippen LogP contribution in [0.2, 0.25) is 0 Å². The van der Waals surface area contributed by atoms with Crippen LogP contribution in [-0.4, -0.2) is 4.57 Å². The summed E-state index contributed by atoms with van der Waals surface area (Å²) in [4.78, 5) is 2.38. The Kier molecular flexibility index (Phi) is 8.83. The fourth-order valence-corrected chi connectivity index (χ4v) is 9.52. The van der Waals surface area contributed by atoms with Crippen LogP contribution in [0.1, 0.15) is 0 Å². The minimum absolute atomic E-state index is 0.866. The first-order chi connectivity index (χ1) is 31.3. The molecule has 10 aromatic carbocycles. The molecule has 0 aliphatic rings. The van der Waals surface area contributed by atoms with Gasteiger partial charge in [0, 0.05) is 44.2 Å². The number of fused-ring (bicyclic) bond motifs is 6. The normalized spacial score (nSPS) is 11.5. The van der Waals surface area contributed by atoms with E-state index in [1.165, 1.54) is 44.1 Å². The van der Waals surface area contributed by atoms with Gasteiger partial charge in [0.05, 0.1) is 16.7 Å². The molecule has 0 atom stereocenters. The third kappa shape index (κ3) is 6.29. The third-order valence-electron chi connectivity index (χ3n) is 12.4. The van der Waals surface area contributed by atoms with Gasteiger partial charge in [0.1, 0.15) is 11.2 Å². The average Bonchev–Trinajstić information content (AvgIpc) is 3.91. The van der Waals surface area contributed by atoms with Gasteiger partial charge in [-0.3, -0.25) is 0 Å². The zero-order chi connectivity index (χ0) is 41.7. The Hall–Kier alpha value is -8.40. The highest BCUT2D eigenvalue weighted by Crippen LogP contribution is 2.47. The zero-order valence-electron chi connectivity index (χ0n) is 34.4. The molecule has 0 fully saturated rings. The smallest absolute Gasteiger partial charge is 0.136 e. The Bertz CT molecular complexity index is 3470. The first-order valence-electron chi connectivity index (χ1n) is 21.5. The summed E-state index contributed by atoms with van der Waals surface area (Å²) < 4.78 is 8.97. The molecule has 0 unspecified atom stereocenters. The second-order valence-corrected chi connectivity index (χ2v) is 16.1. The molecule has 0 saturated carbocycles. The number of para-hydroxylation sites is 4. The van der Waals surface area contributed by atoms with Crippen LogP contribution in [0.4, 0.5) is 17.1 Å². The number of benzene rings is 10. The molecule has 0 aliphatic carbocycles. The first kappa shape index (κ1) is 36.5. The molecule has 0 spiro atoms. The highest BCUT2D eigenvalue weighted by atomic mass is 16.3. The Morgan fingerprint density at radius 1 is 0.302 bits per heavy atom. The van der Waals surface area contributed by atoms with Gasteiger partial charge in [-0.2, -0.15) is 0 Å². The second kappa shape index (κ2) is 15.3. The molecule has 296 valence electrons. The number of hydrogen-bond acceptors (Lipinski definition) is 2. The molecule has 3 nitrogen and oxygen atoms in total. The summed E-state index contributed by atoms with van der Waals surface area (Å²) in [6.07, 6.45) is 0. The van der Waals surface area contributed by atoms with Crippen molar-refractivity contribution in [1.82, 2.24) is 4.57 Å². The lowest BCUT2D eigenvalue weighted by Crippen LogP contribution is -2.10. The highest BCUT2D eigenvalue weighted by Gasteiger charge is 2.22. The standard InChI is InChI=1S/C60H40N2O/c1-3-16-41(17-4-1)43-30-34-45(35-31-43)61(46-36-32-44(33-37-46)42-18-5-2-6-19-42)47-38-39-48(54(40-47)52-24-15-29-59-60(52)53-23-10-14-28-58(53)63-59)49-20-7-11-25-55(49)62-56-26-12-8-21-50(56)51-22-9-13-27-57(51)62/h1-40H. The number of anilines is 3. The van der Waals surface area contributed by atoms with E-state index in [0.29, 0.717) is 0 Å². The van der Waals surface area contributed by atoms with Gasteiger partial charge in [0.2, 0.25) is 0 Å². The molecule has 2 heterocycles. The summed E-state index contributed by atoms with van der Waals surface area (Å²) in [5.74, 6) is 0. The molecule has 0 aliphatic heterocycles. The van der Waals surface area contributed by atoms with Gasteiger partial charge in [-0.25, -0.2) is 0 Å². The molecule has 0 bridgehead atoms. The van der Waals surface area contributed by atoms with Crippen molar-refractivity contribution < 1.29 is 4.42 Å². The summed E-state index contributed by atoms with van der Waals surface area (Å²) in [5.41, 5.74) is 17.6. The van der Waals surface area contributed by atoms with Gasteiger partial charge >= 0.3 is 0 Å². The van der Waals surface area contributed by atoms with E-state index in [1.54, 1.807) is 0 Å². The molecular formula is C60H40N2O. The van der Waals surface area contributed by atoms with Crippen molar-refractivity contribution in [3.05, 3.63) is 243 Å². The van der Waals surface area contributed by atoms with Gasteiger partial charge in [-0.05, 0) is 106 Å². The van der Waals surface area contributed by atoms with E-state index >= 15 is 0 Å². The van der Waals surface area contributed by atoms with Gasteiger partial charge in [0.15, 0.2) is 0 Å². The van der Waals surface area contributed by atoms with Crippen LogP contribution in [0, 0.1) is 0 Å². The van der Waals surface area contributed by atoms with Gasteiger partial charge in [0.25, 0.3) is 0 Å². The van der Waals surface area contributed by atoms with Crippen molar-refractivity contribution in [2.75, 3.05) is 4.90 Å². The van der Waals surface area contributed by atoms with Crippen molar-refractivity contribution in [2.24, 2.45) is 0 Å². The summed E-state index contributed by atoms with van der Waals surface area (Å²) in [7, 11) is 0. The van der Waals surface area contributed by atoms with Crippen LogP contribution in [0.25, 0.3) is 93.9 Å². The predicted octanol–water partition coefficient (Wildman–Crippen LogP) is 16.8. The lowest BCUT2D eigenvalue weighted by molar-refractivity contribution is 0.669. The van der Waals surface area contributed by atoms with Crippen LogP contribution >= 0.6 is 0 Å². The van der Waals surface area contributed by atoms with Gasteiger partial charge < -0.3 is 13.9 Å². The summed E-state index contributed by atoms with van der Waals surface area (Å²) in [6, 6.07) is 87.2. The van der Waals surface area contributed by atoms with Crippen molar-refractivity contribution in [3.63, 3.8) is 0 Å². The first-order valence-corrected chi connectivity index (χ1v) is 21.5. The fourth-order valence-electron chi connectivity index (χ4n) is 9.52. The van der Waals surface area contributed by atoms with Crippen molar-refractivity contribution in [3.8, 4) is 50.2 Å². The summed E-state index contributed by atoms with van der Waals surface area (Å²) >= 11 is 0. The molecule has 0 saturated heterocycles. The lowest BCUT2D eigenvalue weighted by atomic mass is 9.90. The van der Waals surface area contributed by atoms with Crippen LogP contribution in [0.5, 0.6) is 0 Å². The van der Waals surface area contributed by atoms with E-state index in [9.17, 15) is 0 Å². The molecule has 2 aromatic heterocycles. The van der Waals surface area contributed by atoms with Gasteiger partial charge in [-0.15, -0.1) is 0 Å². The summed E-state index contributed by atoms with van der Waals surface area (Å²) in [5, 5.41) is 4.67. The maximum atomic E-state index is 6.54. The highest BCUT2D eigenvalue weighted by molar-refractivity contribution is 6.15. The number of nitrogens with zero attached hydrogens (tertiary/aromatic N) is 2. The largest absolute Gasteiger partial charge is 0.456 e. The van der Waals surface area contributed by atoms with E-state index < -0.39 is 0 Å². The Balaban J connectivity index is 1.11. The van der Waals surface area contributed by atoms with E-state index in [1.807, 2.05) is 6.07 Å². The Morgan fingerprint density at radius 3 is 1.41 bits per heavy atom. The maximum Gasteiger partial charge on any atom is 0.136 e. The van der Waals surface area contributed by atoms with Crippen LogP contribution in [0.3, 0.4) is 0 Å². The minimum atomic E-state index is 0.866.